The summed E-state index contributed by atoms with van der Waals surface area (Å²) in [6.45, 7) is 4.57. The third-order valence-corrected chi connectivity index (χ3v) is 5.38. The Morgan fingerprint density at radius 3 is 2.96 bits per heavy atom. The van der Waals surface area contributed by atoms with Crippen LogP contribution in [0, 0.1) is 5.92 Å². The zero-order chi connectivity index (χ0) is 16.4. The highest BCUT2D eigenvalue weighted by Crippen LogP contribution is 2.30. The number of methoxy groups -OCH3 is 1. The normalized spacial score (nSPS) is 22.1. The van der Waals surface area contributed by atoms with E-state index in [9.17, 15) is 0 Å². The second-order valence-corrected chi connectivity index (χ2v) is 7.31. The molecule has 5 heteroatoms. The van der Waals surface area contributed by atoms with E-state index in [0.29, 0.717) is 5.92 Å². The fraction of sp³-hybridized carbons (Fsp3) is 0.632. The van der Waals surface area contributed by atoms with Gasteiger partial charge in [0, 0.05) is 44.4 Å². The van der Waals surface area contributed by atoms with Gasteiger partial charge in [-0.15, -0.1) is 0 Å². The number of aromatic nitrogens is 2. The molecule has 1 aliphatic heterocycles. The Balaban J connectivity index is 1.50. The Morgan fingerprint density at radius 2 is 2.21 bits per heavy atom. The molecule has 0 radical (unpaired) electrons. The van der Waals surface area contributed by atoms with Gasteiger partial charge in [0.2, 0.25) is 0 Å². The average molecular weight is 329 g/mol. The fourth-order valence-electron chi connectivity index (χ4n) is 4.27. The van der Waals surface area contributed by atoms with Crippen LogP contribution < -0.4 is 0 Å². The largest absolute Gasteiger partial charge is 0.468 e. The first-order valence-electron chi connectivity index (χ1n) is 9.11. The van der Waals surface area contributed by atoms with E-state index < -0.39 is 0 Å². The van der Waals surface area contributed by atoms with Gasteiger partial charge in [-0.2, -0.15) is 5.10 Å². The van der Waals surface area contributed by atoms with Gasteiger partial charge in [-0.05, 0) is 30.9 Å². The Hall–Kier alpha value is -1.59. The predicted octanol–water partition coefficient (Wildman–Crippen LogP) is 3.41. The second kappa shape index (κ2) is 7.11. The fourth-order valence-corrected chi connectivity index (χ4v) is 4.27. The van der Waals surface area contributed by atoms with Crippen molar-refractivity contribution in [1.82, 2.24) is 14.7 Å². The summed E-state index contributed by atoms with van der Waals surface area (Å²) < 4.78 is 13.2. The number of ether oxygens (including phenoxy) is 1. The van der Waals surface area contributed by atoms with Crippen molar-refractivity contribution in [3.63, 3.8) is 0 Å². The number of furan rings is 1. The van der Waals surface area contributed by atoms with Crippen LogP contribution in [0.3, 0.4) is 0 Å². The summed E-state index contributed by atoms with van der Waals surface area (Å²) in [4.78, 5) is 2.44. The van der Waals surface area contributed by atoms with E-state index >= 15 is 0 Å². The van der Waals surface area contributed by atoms with Crippen molar-refractivity contribution in [3.05, 3.63) is 41.6 Å². The highest BCUT2D eigenvalue weighted by Gasteiger charge is 2.29. The monoisotopic (exact) mass is 329 g/mol. The van der Waals surface area contributed by atoms with Gasteiger partial charge in [0.05, 0.1) is 25.1 Å². The van der Waals surface area contributed by atoms with Crippen LogP contribution in [-0.2, 0) is 24.4 Å². The first kappa shape index (κ1) is 15.9. The molecule has 0 aromatic carbocycles. The lowest BCUT2D eigenvalue weighted by molar-refractivity contribution is 0.130. The lowest BCUT2D eigenvalue weighted by Crippen LogP contribution is -2.34. The van der Waals surface area contributed by atoms with Crippen molar-refractivity contribution < 1.29 is 9.15 Å². The molecule has 5 nitrogen and oxygen atoms in total. The van der Waals surface area contributed by atoms with E-state index in [1.165, 1.54) is 36.9 Å². The van der Waals surface area contributed by atoms with Gasteiger partial charge < -0.3 is 9.15 Å². The Labute approximate surface area is 143 Å². The quantitative estimate of drug-likeness (QED) is 0.814. The molecule has 1 aliphatic carbocycles. The number of nitrogens with zero attached hydrogens (tertiary/aromatic N) is 3. The summed E-state index contributed by atoms with van der Waals surface area (Å²) in [6.07, 6.45) is 9.50. The molecule has 2 aliphatic rings. The summed E-state index contributed by atoms with van der Waals surface area (Å²) in [6, 6.07) is 4.00. The number of hydrogen-bond acceptors (Lipinski definition) is 4. The molecule has 130 valence electrons. The summed E-state index contributed by atoms with van der Waals surface area (Å²) in [5.74, 6) is 2.18. The second-order valence-electron chi connectivity index (χ2n) is 7.31. The third-order valence-electron chi connectivity index (χ3n) is 5.38. The van der Waals surface area contributed by atoms with Gasteiger partial charge in [-0.1, -0.05) is 12.8 Å². The van der Waals surface area contributed by atoms with E-state index in [4.69, 9.17) is 14.3 Å². The van der Waals surface area contributed by atoms with Crippen molar-refractivity contribution in [1.29, 1.82) is 0 Å². The Morgan fingerprint density at radius 1 is 1.33 bits per heavy atom. The van der Waals surface area contributed by atoms with Crippen molar-refractivity contribution >= 4 is 0 Å². The smallest absolute Gasteiger partial charge is 0.117 e. The van der Waals surface area contributed by atoms with Crippen molar-refractivity contribution in [2.45, 2.75) is 51.2 Å². The standard InChI is InChI=1S/C19H27N3O2/c1-23-14-17-11-21(13-18-7-4-8-24-18)10-16-12-22(20-19(16)17)9-15-5-2-3-6-15/h4,7-8,12,15,17H,2-3,5-6,9-11,13-14H2,1H3. The molecule has 0 amide bonds. The highest BCUT2D eigenvalue weighted by molar-refractivity contribution is 5.25. The molecule has 1 saturated carbocycles. The predicted molar refractivity (Wildman–Crippen MR) is 91.6 cm³/mol. The molecular weight excluding hydrogens is 302 g/mol. The topological polar surface area (TPSA) is 43.4 Å². The Bertz CT molecular complexity index is 644. The van der Waals surface area contributed by atoms with Gasteiger partial charge in [-0.25, -0.2) is 0 Å². The summed E-state index contributed by atoms with van der Waals surface area (Å²) in [7, 11) is 1.78. The molecule has 1 fully saturated rings. The number of hydrogen-bond donors (Lipinski definition) is 0. The minimum Gasteiger partial charge on any atom is -0.468 e. The van der Waals surface area contributed by atoms with Gasteiger partial charge in [0.25, 0.3) is 0 Å². The summed E-state index contributed by atoms with van der Waals surface area (Å²) >= 11 is 0. The molecule has 4 rings (SSSR count). The highest BCUT2D eigenvalue weighted by atomic mass is 16.5. The Kier molecular flexibility index (Phi) is 4.72. The van der Waals surface area contributed by atoms with E-state index in [-0.39, 0.29) is 0 Å². The maximum Gasteiger partial charge on any atom is 0.117 e. The van der Waals surface area contributed by atoms with Crippen LogP contribution in [0.1, 0.15) is 48.6 Å². The first-order chi connectivity index (χ1) is 11.8. The van der Waals surface area contributed by atoms with Crippen molar-refractivity contribution in [3.8, 4) is 0 Å². The average Bonchev–Trinajstić information content (AvgIpc) is 3.29. The maximum atomic E-state index is 5.52. The molecule has 0 saturated heterocycles. The van der Waals surface area contributed by atoms with Gasteiger partial charge in [0.15, 0.2) is 0 Å². The van der Waals surface area contributed by atoms with Gasteiger partial charge >= 0.3 is 0 Å². The minimum atomic E-state index is 0.346. The van der Waals surface area contributed by atoms with Crippen LogP contribution >= 0.6 is 0 Å². The SMILES string of the molecule is COCC1CN(Cc2ccco2)Cc2cn(CC3CCCC3)nc21. The van der Waals surface area contributed by atoms with E-state index in [2.05, 4.69) is 15.8 Å². The molecule has 0 spiro atoms. The van der Waals surface area contributed by atoms with Crippen LogP contribution in [0.15, 0.2) is 29.0 Å². The lowest BCUT2D eigenvalue weighted by Gasteiger charge is -2.30. The van der Waals surface area contributed by atoms with Crippen LogP contribution in [-0.4, -0.2) is 34.9 Å². The molecule has 24 heavy (non-hydrogen) atoms. The molecule has 0 bridgehead atoms. The van der Waals surface area contributed by atoms with Crippen molar-refractivity contribution in [2.24, 2.45) is 5.92 Å². The van der Waals surface area contributed by atoms with E-state index in [1.54, 1.807) is 13.4 Å². The van der Waals surface area contributed by atoms with Crippen LogP contribution in [0.25, 0.3) is 0 Å². The third kappa shape index (κ3) is 3.42. The number of rotatable bonds is 6. The van der Waals surface area contributed by atoms with Gasteiger partial charge in [-0.3, -0.25) is 9.58 Å². The summed E-state index contributed by atoms with van der Waals surface area (Å²) in [5.41, 5.74) is 2.60. The molecule has 3 heterocycles. The first-order valence-corrected chi connectivity index (χ1v) is 9.11. The van der Waals surface area contributed by atoms with Crippen LogP contribution in [0.5, 0.6) is 0 Å². The van der Waals surface area contributed by atoms with Crippen LogP contribution in [0.2, 0.25) is 0 Å². The molecule has 2 aromatic rings. The van der Waals surface area contributed by atoms with Gasteiger partial charge in [0.1, 0.15) is 5.76 Å². The number of fused-ring (bicyclic) bond motifs is 1. The molecule has 1 unspecified atom stereocenters. The molecule has 2 aromatic heterocycles. The lowest BCUT2D eigenvalue weighted by atomic mass is 9.97. The van der Waals surface area contributed by atoms with Crippen LogP contribution in [0.4, 0.5) is 0 Å². The van der Waals surface area contributed by atoms with E-state index in [0.717, 1.165) is 44.5 Å². The zero-order valence-electron chi connectivity index (χ0n) is 14.5. The zero-order valence-corrected chi connectivity index (χ0v) is 14.5. The minimum absolute atomic E-state index is 0.346. The maximum absolute atomic E-state index is 5.52. The summed E-state index contributed by atoms with van der Waals surface area (Å²) in [5, 5.41) is 4.93. The van der Waals surface area contributed by atoms with E-state index in [1.807, 2.05) is 12.1 Å². The molecular formula is C19H27N3O2. The molecule has 1 atom stereocenters. The van der Waals surface area contributed by atoms with Crippen molar-refractivity contribution in [2.75, 3.05) is 20.3 Å². The molecule has 0 N–H and O–H groups in total.